The van der Waals surface area contributed by atoms with Crippen molar-refractivity contribution in [2.75, 3.05) is 5.43 Å². The smallest absolute Gasteiger partial charge is 0.259 e. The first-order chi connectivity index (χ1) is 17.6. The van der Waals surface area contributed by atoms with Crippen molar-refractivity contribution < 1.29 is 0 Å². The van der Waals surface area contributed by atoms with E-state index in [1.54, 1.807) is 6.21 Å². The Morgan fingerprint density at radius 2 is 1.69 bits per heavy atom. The van der Waals surface area contributed by atoms with Gasteiger partial charge < -0.3 is 0 Å². The molecule has 6 heteroatoms. The van der Waals surface area contributed by atoms with Crippen LogP contribution < -0.4 is 11.0 Å². The Morgan fingerprint density at radius 3 is 2.47 bits per heavy atom. The van der Waals surface area contributed by atoms with Crippen molar-refractivity contribution in [3.63, 3.8) is 0 Å². The van der Waals surface area contributed by atoms with Crippen LogP contribution in [0.3, 0.4) is 0 Å². The molecule has 0 atom stereocenters. The zero-order valence-corrected chi connectivity index (χ0v) is 22.3. The average molecular weight is 546 g/mol. The van der Waals surface area contributed by atoms with E-state index in [1.807, 2.05) is 28.8 Å². The van der Waals surface area contributed by atoms with Gasteiger partial charge in [-0.2, -0.15) is 5.10 Å². The molecule has 0 aliphatic heterocycles. The molecule has 1 N–H and O–H groups in total. The minimum Gasteiger partial charge on any atom is -0.274 e. The van der Waals surface area contributed by atoms with Gasteiger partial charge in [0.05, 0.1) is 17.5 Å². The van der Waals surface area contributed by atoms with Gasteiger partial charge in [-0.3, -0.25) is 9.36 Å². The standard InChI is InChI=1S/C30H33BrN4O/c31-23-15-13-21(14-16-23)20-32-34-29-33-27-25-12-6-5-9-22(25)19-30(17-7-2-8-18-30)26(27)28(36)35(29)24-10-3-1-4-11-24/h5-6,9,12-16,20,24H,1-4,7-8,10-11,17-19H2,(H,33,34). The average Bonchev–Trinajstić information content (AvgIpc) is 2.91. The van der Waals surface area contributed by atoms with Crippen molar-refractivity contribution >= 4 is 28.1 Å². The fourth-order valence-electron chi connectivity index (χ4n) is 6.69. The van der Waals surface area contributed by atoms with E-state index in [-0.39, 0.29) is 17.0 Å². The summed E-state index contributed by atoms with van der Waals surface area (Å²) in [6.45, 7) is 0. The lowest BCUT2D eigenvalue weighted by atomic mass is 9.62. The van der Waals surface area contributed by atoms with E-state index in [0.717, 1.165) is 71.8 Å². The van der Waals surface area contributed by atoms with Gasteiger partial charge in [-0.05, 0) is 55.4 Å². The van der Waals surface area contributed by atoms with Gasteiger partial charge >= 0.3 is 0 Å². The van der Waals surface area contributed by atoms with Gasteiger partial charge in [0.15, 0.2) is 0 Å². The molecule has 1 heterocycles. The zero-order valence-electron chi connectivity index (χ0n) is 20.7. The Bertz CT molecular complexity index is 1330. The lowest BCUT2D eigenvalue weighted by molar-refractivity contribution is 0.278. The Hall–Kier alpha value is -2.73. The van der Waals surface area contributed by atoms with Gasteiger partial charge in [-0.25, -0.2) is 10.4 Å². The summed E-state index contributed by atoms with van der Waals surface area (Å²) >= 11 is 3.48. The maximum absolute atomic E-state index is 14.5. The summed E-state index contributed by atoms with van der Waals surface area (Å²) in [6, 6.07) is 16.7. The molecular formula is C30H33BrN4O. The molecule has 0 saturated heterocycles. The number of aromatic nitrogens is 2. The van der Waals surface area contributed by atoms with E-state index < -0.39 is 0 Å². The summed E-state index contributed by atoms with van der Waals surface area (Å²) in [7, 11) is 0. The van der Waals surface area contributed by atoms with E-state index in [2.05, 4.69) is 50.7 Å². The van der Waals surface area contributed by atoms with Crippen LogP contribution in [0.15, 0.2) is 62.9 Å². The van der Waals surface area contributed by atoms with Crippen LogP contribution in [0.2, 0.25) is 0 Å². The first kappa shape index (κ1) is 23.7. The number of rotatable bonds is 4. The molecule has 5 nitrogen and oxygen atoms in total. The minimum absolute atomic E-state index is 0.0956. The predicted molar refractivity (Wildman–Crippen MR) is 150 cm³/mol. The van der Waals surface area contributed by atoms with Gasteiger partial charge in [0, 0.05) is 21.5 Å². The van der Waals surface area contributed by atoms with Crippen LogP contribution in [0, 0.1) is 0 Å². The molecule has 0 bridgehead atoms. The van der Waals surface area contributed by atoms with E-state index >= 15 is 0 Å². The molecule has 0 radical (unpaired) electrons. The summed E-state index contributed by atoms with van der Waals surface area (Å²) in [4.78, 5) is 19.7. The van der Waals surface area contributed by atoms with Crippen LogP contribution in [0.25, 0.3) is 11.3 Å². The summed E-state index contributed by atoms with van der Waals surface area (Å²) in [5.74, 6) is 0.571. The van der Waals surface area contributed by atoms with Gasteiger partial charge in [-0.15, -0.1) is 0 Å². The topological polar surface area (TPSA) is 59.3 Å². The second-order valence-electron chi connectivity index (χ2n) is 10.7. The van der Waals surface area contributed by atoms with E-state index in [1.165, 1.54) is 31.2 Å². The van der Waals surface area contributed by atoms with Crippen molar-refractivity contribution in [1.29, 1.82) is 0 Å². The fourth-order valence-corrected chi connectivity index (χ4v) is 6.95. The van der Waals surface area contributed by atoms with Crippen LogP contribution in [-0.2, 0) is 11.8 Å². The maximum atomic E-state index is 14.5. The second kappa shape index (κ2) is 9.97. The Morgan fingerprint density at radius 1 is 0.972 bits per heavy atom. The molecule has 36 heavy (non-hydrogen) atoms. The molecule has 1 spiro atoms. The summed E-state index contributed by atoms with van der Waals surface area (Å²) in [5, 5.41) is 4.53. The molecule has 186 valence electrons. The van der Waals surface area contributed by atoms with Gasteiger partial charge in [0.25, 0.3) is 5.56 Å². The maximum Gasteiger partial charge on any atom is 0.259 e. The lowest BCUT2D eigenvalue weighted by Gasteiger charge is -2.42. The van der Waals surface area contributed by atoms with E-state index in [0.29, 0.717) is 5.95 Å². The third-order valence-corrected chi connectivity index (χ3v) is 8.97. The third-order valence-electron chi connectivity index (χ3n) is 8.45. The monoisotopic (exact) mass is 544 g/mol. The number of hydrazone groups is 1. The number of hydrogen-bond acceptors (Lipinski definition) is 4. The zero-order chi connectivity index (χ0) is 24.5. The normalized spacial score (nSPS) is 19.2. The highest BCUT2D eigenvalue weighted by atomic mass is 79.9. The van der Waals surface area contributed by atoms with Gasteiger partial charge in [-0.1, -0.05) is 90.9 Å². The van der Waals surface area contributed by atoms with Gasteiger partial charge in [0.1, 0.15) is 0 Å². The number of nitrogens with one attached hydrogen (secondary N) is 1. The first-order valence-corrected chi connectivity index (χ1v) is 14.2. The minimum atomic E-state index is -0.0956. The Kier molecular flexibility index (Phi) is 6.55. The molecule has 3 aromatic rings. The molecule has 2 fully saturated rings. The van der Waals surface area contributed by atoms with Crippen LogP contribution in [0.5, 0.6) is 0 Å². The van der Waals surface area contributed by atoms with Crippen molar-refractivity contribution in [2.45, 2.75) is 82.1 Å². The molecule has 2 aromatic carbocycles. The van der Waals surface area contributed by atoms with Crippen molar-refractivity contribution in [1.82, 2.24) is 9.55 Å². The van der Waals surface area contributed by atoms with Gasteiger partial charge in [0.2, 0.25) is 5.95 Å². The van der Waals surface area contributed by atoms with Crippen LogP contribution in [0.4, 0.5) is 5.95 Å². The van der Waals surface area contributed by atoms with Crippen LogP contribution >= 0.6 is 15.9 Å². The summed E-state index contributed by atoms with van der Waals surface area (Å²) in [6.07, 6.45) is 14.1. The largest absolute Gasteiger partial charge is 0.274 e. The molecule has 3 aliphatic carbocycles. The number of fused-ring (bicyclic) bond motifs is 4. The quantitative estimate of drug-likeness (QED) is 0.275. The molecular weight excluding hydrogens is 512 g/mol. The number of benzene rings is 2. The van der Waals surface area contributed by atoms with Crippen molar-refractivity contribution in [3.8, 4) is 11.3 Å². The highest BCUT2D eigenvalue weighted by Gasteiger charge is 2.44. The number of anilines is 1. The van der Waals surface area contributed by atoms with E-state index in [9.17, 15) is 4.79 Å². The fraction of sp³-hybridized carbons (Fsp3) is 0.433. The SMILES string of the molecule is O=c1c2c(nc(NN=Cc3ccc(Br)cc3)n1C1CCCCC1)-c1ccccc1CC21CCCCC1. The number of halogens is 1. The molecule has 1 aromatic heterocycles. The number of nitrogens with zero attached hydrogens (tertiary/aromatic N) is 3. The van der Waals surface area contributed by atoms with Crippen molar-refractivity contribution in [2.24, 2.45) is 5.10 Å². The Balaban J connectivity index is 1.50. The highest BCUT2D eigenvalue weighted by molar-refractivity contribution is 9.10. The molecule has 0 amide bonds. The number of hydrogen-bond donors (Lipinski definition) is 1. The Labute approximate surface area is 221 Å². The van der Waals surface area contributed by atoms with Crippen LogP contribution in [-0.4, -0.2) is 15.8 Å². The van der Waals surface area contributed by atoms with Crippen molar-refractivity contribution in [3.05, 3.63) is 80.0 Å². The summed E-state index contributed by atoms with van der Waals surface area (Å²) < 4.78 is 3.01. The molecule has 3 aliphatic rings. The van der Waals surface area contributed by atoms with Crippen LogP contribution in [0.1, 0.15) is 86.9 Å². The highest BCUT2D eigenvalue weighted by Crippen LogP contribution is 2.49. The molecule has 6 rings (SSSR count). The second-order valence-corrected chi connectivity index (χ2v) is 11.6. The predicted octanol–water partition coefficient (Wildman–Crippen LogP) is 7.38. The molecule has 0 unspecified atom stereocenters. The third kappa shape index (κ3) is 4.34. The molecule has 2 saturated carbocycles. The first-order valence-electron chi connectivity index (χ1n) is 13.4. The lowest BCUT2D eigenvalue weighted by Crippen LogP contribution is -2.44. The summed E-state index contributed by atoms with van der Waals surface area (Å²) in [5.41, 5.74) is 8.51. The van der Waals surface area contributed by atoms with E-state index in [4.69, 9.17) is 4.98 Å².